The number of piperazine rings is 1. The largest absolute Gasteiger partial charge is 0.422 e. The SMILES string of the molecule is Cc1ccc2c(CN3CCN(S(=O)(=O)c4ccc5c(c4)CCC5)CC3)cc(=O)oc2c1C. The van der Waals surface area contributed by atoms with Gasteiger partial charge in [0.25, 0.3) is 0 Å². The fraction of sp³-hybridized carbons (Fsp3) is 0.400. The zero-order chi connectivity index (χ0) is 22.5. The lowest BCUT2D eigenvalue weighted by Crippen LogP contribution is -2.48. The van der Waals surface area contributed by atoms with Gasteiger partial charge in [0.05, 0.1) is 4.90 Å². The Morgan fingerprint density at radius 1 is 0.938 bits per heavy atom. The molecule has 0 spiro atoms. The van der Waals surface area contributed by atoms with Crippen molar-refractivity contribution >= 4 is 21.0 Å². The predicted octanol–water partition coefficient (Wildman–Crippen LogP) is 3.41. The maximum atomic E-state index is 13.2. The zero-order valence-electron chi connectivity index (χ0n) is 18.6. The van der Waals surface area contributed by atoms with E-state index in [0.717, 1.165) is 41.3 Å². The average molecular weight is 453 g/mol. The fourth-order valence-electron chi connectivity index (χ4n) is 4.88. The molecule has 5 rings (SSSR count). The molecule has 0 saturated carbocycles. The number of benzene rings is 2. The quantitative estimate of drug-likeness (QED) is 0.568. The minimum atomic E-state index is -3.49. The van der Waals surface area contributed by atoms with Crippen molar-refractivity contribution in [2.75, 3.05) is 26.2 Å². The van der Waals surface area contributed by atoms with Crippen LogP contribution in [0.4, 0.5) is 0 Å². The lowest BCUT2D eigenvalue weighted by Gasteiger charge is -2.34. The van der Waals surface area contributed by atoms with Gasteiger partial charge in [-0.25, -0.2) is 13.2 Å². The van der Waals surface area contributed by atoms with Crippen LogP contribution >= 0.6 is 0 Å². The summed E-state index contributed by atoms with van der Waals surface area (Å²) in [4.78, 5) is 14.8. The highest BCUT2D eigenvalue weighted by Crippen LogP contribution is 2.28. The smallest absolute Gasteiger partial charge is 0.336 e. The van der Waals surface area contributed by atoms with Crippen LogP contribution in [0.15, 0.2) is 50.5 Å². The summed E-state index contributed by atoms with van der Waals surface area (Å²) in [6.45, 7) is 6.69. The molecule has 2 aliphatic rings. The highest BCUT2D eigenvalue weighted by molar-refractivity contribution is 7.89. The summed E-state index contributed by atoms with van der Waals surface area (Å²) in [5, 5.41) is 0.945. The number of nitrogens with zero attached hydrogens (tertiary/aromatic N) is 2. The van der Waals surface area contributed by atoms with Crippen LogP contribution < -0.4 is 5.63 Å². The molecule has 2 aromatic carbocycles. The van der Waals surface area contributed by atoms with Crippen LogP contribution in [-0.4, -0.2) is 43.8 Å². The van der Waals surface area contributed by atoms with E-state index in [1.807, 2.05) is 38.1 Å². The molecule has 168 valence electrons. The van der Waals surface area contributed by atoms with Gasteiger partial charge in [-0.1, -0.05) is 18.2 Å². The van der Waals surface area contributed by atoms with E-state index in [2.05, 4.69) is 4.90 Å². The van der Waals surface area contributed by atoms with Gasteiger partial charge in [-0.15, -0.1) is 0 Å². The third-order valence-corrected chi connectivity index (χ3v) is 8.84. The second-order valence-electron chi connectivity index (χ2n) is 8.94. The Kier molecular flexibility index (Phi) is 5.43. The van der Waals surface area contributed by atoms with Crippen molar-refractivity contribution in [3.63, 3.8) is 0 Å². The summed E-state index contributed by atoms with van der Waals surface area (Å²) in [7, 11) is -3.49. The van der Waals surface area contributed by atoms with Crippen LogP contribution in [0.3, 0.4) is 0 Å². The Hall–Kier alpha value is -2.48. The minimum absolute atomic E-state index is 0.348. The highest BCUT2D eigenvalue weighted by Gasteiger charge is 2.29. The van der Waals surface area contributed by atoms with E-state index >= 15 is 0 Å². The maximum Gasteiger partial charge on any atom is 0.336 e. The molecule has 0 N–H and O–H groups in total. The van der Waals surface area contributed by atoms with Gasteiger partial charge in [0, 0.05) is 44.2 Å². The molecule has 1 aliphatic heterocycles. The Morgan fingerprint density at radius 2 is 1.69 bits per heavy atom. The van der Waals surface area contributed by atoms with Crippen molar-refractivity contribution in [3.05, 3.63) is 74.6 Å². The van der Waals surface area contributed by atoms with Crippen LogP contribution in [0.25, 0.3) is 11.0 Å². The summed E-state index contributed by atoms with van der Waals surface area (Å²) in [6, 6.07) is 11.2. The lowest BCUT2D eigenvalue weighted by atomic mass is 10.0. The van der Waals surface area contributed by atoms with Crippen molar-refractivity contribution in [2.45, 2.75) is 44.6 Å². The van der Waals surface area contributed by atoms with E-state index in [9.17, 15) is 13.2 Å². The molecule has 0 bridgehead atoms. The summed E-state index contributed by atoms with van der Waals surface area (Å²) < 4.78 is 33.5. The summed E-state index contributed by atoms with van der Waals surface area (Å²) in [6.07, 6.45) is 3.10. The number of hydrogen-bond acceptors (Lipinski definition) is 5. The molecule has 0 atom stereocenters. The number of fused-ring (bicyclic) bond motifs is 2. The molecule has 0 amide bonds. The highest BCUT2D eigenvalue weighted by atomic mass is 32.2. The van der Waals surface area contributed by atoms with E-state index in [0.29, 0.717) is 43.2 Å². The molecule has 1 fully saturated rings. The van der Waals surface area contributed by atoms with Crippen molar-refractivity contribution in [3.8, 4) is 0 Å². The summed E-state index contributed by atoms with van der Waals surface area (Å²) in [5.74, 6) is 0. The van der Waals surface area contributed by atoms with Crippen molar-refractivity contribution < 1.29 is 12.8 Å². The van der Waals surface area contributed by atoms with Gasteiger partial charge >= 0.3 is 5.63 Å². The number of aryl methyl sites for hydroxylation is 4. The molecule has 1 aromatic heterocycles. The van der Waals surface area contributed by atoms with Crippen LogP contribution in [0.5, 0.6) is 0 Å². The average Bonchev–Trinajstić information content (AvgIpc) is 3.25. The Labute approximate surface area is 188 Å². The van der Waals surface area contributed by atoms with E-state index in [1.165, 1.54) is 11.1 Å². The first-order valence-electron chi connectivity index (χ1n) is 11.2. The third kappa shape index (κ3) is 3.78. The maximum absolute atomic E-state index is 13.2. The van der Waals surface area contributed by atoms with Gasteiger partial charge in [0.15, 0.2) is 0 Å². The first-order valence-corrected chi connectivity index (χ1v) is 12.6. The Balaban J connectivity index is 1.32. The minimum Gasteiger partial charge on any atom is -0.422 e. The number of rotatable bonds is 4. The molecular formula is C25H28N2O4S. The molecule has 0 unspecified atom stereocenters. The second-order valence-corrected chi connectivity index (χ2v) is 10.9. The summed E-state index contributed by atoms with van der Waals surface area (Å²) >= 11 is 0. The molecule has 0 radical (unpaired) electrons. The van der Waals surface area contributed by atoms with E-state index < -0.39 is 10.0 Å². The second kappa shape index (κ2) is 8.14. The molecular weight excluding hydrogens is 424 g/mol. The van der Waals surface area contributed by atoms with Gasteiger partial charge in [0.1, 0.15) is 5.58 Å². The predicted molar refractivity (Wildman–Crippen MR) is 124 cm³/mol. The van der Waals surface area contributed by atoms with Crippen molar-refractivity contribution in [1.29, 1.82) is 0 Å². The normalized spacial score (nSPS) is 17.7. The monoisotopic (exact) mass is 452 g/mol. The van der Waals surface area contributed by atoms with E-state index in [-0.39, 0.29) is 5.63 Å². The van der Waals surface area contributed by atoms with Gasteiger partial charge in [0.2, 0.25) is 10.0 Å². The van der Waals surface area contributed by atoms with Crippen molar-refractivity contribution in [1.82, 2.24) is 9.21 Å². The molecule has 6 nitrogen and oxygen atoms in total. The number of hydrogen-bond donors (Lipinski definition) is 0. The fourth-order valence-corrected chi connectivity index (χ4v) is 6.36. The first kappa shape index (κ1) is 21.4. The van der Waals surface area contributed by atoms with E-state index in [1.54, 1.807) is 16.4 Å². The van der Waals surface area contributed by atoms with Gasteiger partial charge < -0.3 is 4.42 Å². The molecule has 1 saturated heterocycles. The third-order valence-electron chi connectivity index (χ3n) is 6.95. The molecule has 32 heavy (non-hydrogen) atoms. The molecule has 7 heteroatoms. The summed E-state index contributed by atoms with van der Waals surface area (Å²) in [5.41, 5.74) is 5.73. The van der Waals surface area contributed by atoms with Crippen LogP contribution in [0.2, 0.25) is 0 Å². The first-order chi connectivity index (χ1) is 15.3. The molecule has 1 aliphatic carbocycles. The van der Waals surface area contributed by atoms with Gasteiger partial charge in [-0.3, -0.25) is 4.90 Å². The van der Waals surface area contributed by atoms with Crippen LogP contribution in [0, 0.1) is 13.8 Å². The Morgan fingerprint density at radius 3 is 2.47 bits per heavy atom. The Bertz CT molecular complexity index is 1350. The molecule has 2 heterocycles. The van der Waals surface area contributed by atoms with Gasteiger partial charge in [-0.2, -0.15) is 4.31 Å². The van der Waals surface area contributed by atoms with Crippen molar-refractivity contribution in [2.24, 2.45) is 0 Å². The van der Waals surface area contributed by atoms with Crippen LogP contribution in [0.1, 0.15) is 34.2 Å². The van der Waals surface area contributed by atoms with Crippen LogP contribution in [-0.2, 0) is 29.4 Å². The zero-order valence-corrected chi connectivity index (χ0v) is 19.4. The van der Waals surface area contributed by atoms with E-state index in [4.69, 9.17) is 4.42 Å². The lowest BCUT2D eigenvalue weighted by molar-refractivity contribution is 0.182. The van der Waals surface area contributed by atoms with Gasteiger partial charge in [-0.05, 0) is 73.1 Å². The standard InChI is InChI=1S/C25H28N2O4S/c1-17-6-9-23-21(15-24(28)31-25(23)18(17)2)16-26-10-12-27(13-11-26)32(29,30)22-8-7-19-4-3-5-20(19)14-22/h6-9,14-15H,3-5,10-13,16H2,1-2H3. The topological polar surface area (TPSA) is 70.8 Å². The number of sulfonamides is 1. The molecule has 3 aromatic rings.